The third-order valence-electron chi connectivity index (χ3n) is 4.22. The largest absolute Gasteiger partial charge is 0.299 e. The molecule has 1 nitrogen and oxygen atoms in total. The monoisotopic (exact) mass is 152 g/mol. The Morgan fingerprint density at radius 3 is 2.36 bits per heavy atom. The van der Waals surface area contributed by atoms with Crippen LogP contribution in [-0.4, -0.2) is 5.78 Å². The van der Waals surface area contributed by atoms with Crippen LogP contribution in [0.5, 0.6) is 0 Å². The number of ketones is 1. The lowest BCUT2D eigenvalue weighted by Crippen LogP contribution is -2.17. The van der Waals surface area contributed by atoms with E-state index in [9.17, 15) is 4.79 Å². The van der Waals surface area contributed by atoms with Crippen molar-refractivity contribution < 1.29 is 4.79 Å². The second kappa shape index (κ2) is 1.70. The number of hydrogen-bond donors (Lipinski definition) is 0. The summed E-state index contributed by atoms with van der Waals surface area (Å²) in [5.74, 6) is 1.15. The highest BCUT2D eigenvalue weighted by molar-refractivity contribution is 5.88. The molecule has 1 heteroatoms. The molecule has 0 aliphatic heterocycles. The van der Waals surface area contributed by atoms with E-state index in [4.69, 9.17) is 0 Å². The molecule has 0 heterocycles. The van der Waals surface area contributed by atoms with Gasteiger partial charge in [-0.2, -0.15) is 0 Å². The SMILES string of the molecule is CC(=O)C12CCCC1C2(C)C. The Bertz CT molecular complexity index is 217. The Morgan fingerprint density at radius 1 is 1.45 bits per heavy atom. The van der Waals surface area contributed by atoms with Crippen molar-refractivity contribution in [2.75, 3.05) is 0 Å². The van der Waals surface area contributed by atoms with E-state index in [0.29, 0.717) is 17.1 Å². The highest BCUT2D eigenvalue weighted by Crippen LogP contribution is 2.76. The molecule has 2 aliphatic carbocycles. The Hall–Kier alpha value is -0.330. The third kappa shape index (κ3) is 0.567. The summed E-state index contributed by atoms with van der Waals surface area (Å²) in [6, 6.07) is 0. The molecule has 2 fully saturated rings. The molecule has 0 spiro atoms. The fourth-order valence-electron chi connectivity index (χ4n) is 3.53. The second-order valence-electron chi connectivity index (χ2n) is 4.69. The fraction of sp³-hybridized carbons (Fsp3) is 0.900. The smallest absolute Gasteiger partial charge is 0.136 e. The first-order valence-electron chi connectivity index (χ1n) is 4.54. The predicted molar refractivity (Wildman–Crippen MR) is 44.2 cm³/mol. The van der Waals surface area contributed by atoms with Gasteiger partial charge in [0.05, 0.1) is 0 Å². The molecular formula is C10H16O. The van der Waals surface area contributed by atoms with Crippen LogP contribution in [0, 0.1) is 16.7 Å². The van der Waals surface area contributed by atoms with E-state index in [1.807, 2.05) is 0 Å². The molecule has 2 unspecified atom stereocenters. The summed E-state index contributed by atoms with van der Waals surface area (Å²) in [4.78, 5) is 11.4. The van der Waals surface area contributed by atoms with Crippen molar-refractivity contribution >= 4 is 5.78 Å². The Labute approximate surface area is 68.2 Å². The molecule has 2 rings (SSSR count). The molecule has 62 valence electrons. The molecule has 2 saturated carbocycles. The van der Waals surface area contributed by atoms with E-state index in [2.05, 4.69) is 13.8 Å². The summed E-state index contributed by atoms with van der Waals surface area (Å²) in [5.41, 5.74) is 0.448. The maximum atomic E-state index is 11.4. The lowest BCUT2D eigenvalue weighted by molar-refractivity contribution is -0.123. The number of rotatable bonds is 1. The summed E-state index contributed by atoms with van der Waals surface area (Å²) in [6.07, 6.45) is 3.71. The van der Waals surface area contributed by atoms with Crippen LogP contribution < -0.4 is 0 Å². The minimum absolute atomic E-state index is 0.118. The molecule has 2 atom stereocenters. The van der Waals surface area contributed by atoms with Gasteiger partial charge in [0.15, 0.2) is 0 Å². The van der Waals surface area contributed by atoms with Crippen LogP contribution in [0.1, 0.15) is 40.0 Å². The standard InChI is InChI=1S/C10H16O/c1-7(11)10-6-4-5-8(10)9(10,2)3/h8H,4-6H2,1-3H3. The lowest BCUT2D eigenvalue weighted by atomic mass is 9.88. The van der Waals surface area contributed by atoms with Gasteiger partial charge in [-0.05, 0) is 31.1 Å². The first-order chi connectivity index (χ1) is 5.03. The van der Waals surface area contributed by atoms with E-state index in [0.717, 1.165) is 6.42 Å². The van der Waals surface area contributed by atoms with E-state index >= 15 is 0 Å². The molecule has 0 aromatic rings. The number of hydrogen-bond acceptors (Lipinski definition) is 1. The Morgan fingerprint density at radius 2 is 2.09 bits per heavy atom. The Balaban J connectivity index is 2.33. The van der Waals surface area contributed by atoms with Gasteiger partial charge >= 0.3 is 0 Å². The number of carbonyl (C=O) groups is 1. The summed E-state index contributed by atoms with van der Waals surface area (Å²) in [7, 11) is 0. The van der Waals surface area contributed by atoms with Gasteiger partial charge in [-0.1, -0.05) is 20.3 Å². The van der Waals surface area contributed by atoms with Crippen LogP contribution in [0.2, 0.25) is 0 Å². The minimum atomic E-state index is 0.118. The van der Waals surface area contributed by atoms with Crippen LogP contribution in [0.4, 0.5) is 0 Å². The normalized spacial score (nSPS) is 45.2. The number of Topliss-reactive ketones (excluding diaryl/α,β-unsaturated/α-hetero) is 1. The quantitative estimate of drug-likeness (QED) is 0.564. The first-order valence-corrected chi connectivity index (χ1v) is 4.54. The molecule has 0 radical (unpaired) electrons. The molecule has 0 bridgehead atoms. The average Bonchev–Trinajstić information content (AvgIpc) is 2.25. The predicted octanol–water partition coefficient (Wildman–Crippen LogP) is 2.40. The maximum Gasteiger partial charge on any atom is 0.136 e. The van der Waals surface area contributed by atoms with E-state index in [-0.39, 0.29) is 5.41 Å². The molecule has 0 aromatic heterocycles. The van der Waals surface area contributed by atoms with E-state index < -0.39 is 0 Å². The summed E-state index contributed by atoms with van der Waals surface area (Å²) in [6.45, 7) is 6.27. The van der Waals surface area contributed by atoms with Gasteiger partial charge in [0.2, 0.25) is 0 Å². The molecule has 0 aromatic carbocycles. The molecular weight excluding hydrogens is 136 g/mol. The number of carbonyl (C=O) groups excluding carboxylic acids is 1. The van der Waals surface area contributed by atoms with Crippen molar-refractivity contribution in [1.29, 1.82) is 0 Å². The maximum absolute atomic E-state index is 11.4. The van der Waals surface area contributed by atoms with Crippen molar-refractivity contribution in [3.05, 3.63) is 0 Å². The van der Waals surface area contributed by atoms with Crippen molar-refractivity contribution in [1.82, 2.24) is 0 Å². The van der Waals surface area contributed by atoms with Crippen molar-refractivity contribution in [2.45, 2.75) is 40.0 Å². The van der Waals surface area contributed by atoms with E-state index in [1.54, 1.807) is 6.92 Å². The van der Waals surface area contributed by atoms with Gasteiger partial charge in [-0.25, -0.2) is 0 Å². The zero-order valence-corrected chi connectivity index (χ0v) is 7.61. The van der Waals surface area contributed by atoms with Crippen molar-refractivity contribution in [3.8, 4) is 0 Å². The van der Waals surface area contributed by atoms with Gasteiger partial charge in [0, 0.05) is 5.41 Å². The van der Waals surface area contributed by atoms with Crippen molar-refractivity contribution in [3.63, 3.8) is 0 Å². The molecule has 0 N–H and O–H groups in total. The lowest BCUT2D eigenvalue weighted by Gasteiger charge is -2.14. The molecule has 0 saturated heterocycles. The minimum Gasteiger partial charge on any atom is -0.299 e. The first kappa shape index (κ1) is 7.33. The van der Waals surface area contributed by atoms with Gasteiger partial charge < -0.3 is 0 Å². The van der Waals surface area contributed by atoms with Gasteiger partial charge in [0.1, 0.15) is 5.78 Å². The summed E-state index contributed by atoms with van der Waals surface area (Å²) >= 11 is 0. The molecule has 0 amide bonds. The van der Waals surface area contributed by atoms with Crippen LogP contribution in [0.15, 0.2) is 0 Å². The Kier molecular flexibility index (Phi) is 1.13. The second-order valence-corrected chi connectivity index (χ2v) is 4.69. The zero-order chi connectivity index (χ0) is 8.28. The van der Waals surface area contributed by atoms with Crippen LogP contribution in [0.3, 0.4) is 0 Å². The number of fused-ring (bicyclic) bond motifs is 1. The van der Waals surface area contributed by atoms with Crippen molar-refractivity contribution in [2.24, 2.45) is 16.7 Å². The summed E-state index contributed by atoms with van der Waals surface area (Å²) < 4.78 is 0. The highest BCUT2D eigenvalue weighted by atomic mass is 16.1. The fourth-order valence-corrected chi connectivity index (χ4v) is 3.53. The summed E-state index contributed by atoms with van der Waals surface area (Å²) in [5, 5.41) is 0. The molecule has 2 aliphatic rings. The highest BCUT2D eigenvalue weighted by Gasteiger charge is 2.74. The van der Waals surface area contributed by atoms with Gasteiger partial charge in [-0.3, -0.25) is 4.79 Å². The van der Waals surface area contributed by atoms with Crippen LogP contribution in [-0.2, 0) is 4.79 Å². The van der Waals surface area contributed by atoms with Crippen LogP contribution >= 0.6 is 0 Å². The van der Waals surface area contributed by atoms with Gasteiger partial charge in [0.25, 0.3) is 0 Å². The van der Waals surface area contributed by atoms with Crippen LogP contribution in [0.25, 0.3) is 0 Å². The average molecular weight is 152 g/mol. The van der Waals surface area contributed by atoms with E-state index in [1.165, 1.54) is 12.8 Å². The zero-order valence-electron chi connectivity index (χ0n) is 7.61. The molecule has 11 heavy (non-hydrogen) atoms. The third-order valence-corrected chi connectivity index (χ3v) is 4.22. The van der Waals surface area contributed by atoms with Gasteiger partial charge in [-0.15, -0.1) is 0 Å². The topological polar surface area (TPSA) is 17.1 Å².